The fourth-order valence-electron chi connectivity index (χ4n) is 1.49. The normalized spacial score (nSPS) is 9.15. The SMILES string of the molecule is CNc1cccc(O)c1.COc1cccc(OC)c1O. The minimum atomic E-state index is 0.0394. The highest BCUT2D eigenvalue weighted by molar-refractivity contribution is 5.49. The van der Waals surface area contributed by atoms with Crippen LogP contribution < -0.4 is 14.8 Å². The van der Waals surface area contributed by atoms with E-state index in [2.05, 4.69) is 5.32 Å². The number of ether oxygens (including phenoxy) is 2. The topological polar surface area (TPSA) is 71.0 Å². The largest absolute Gasteiger partial charge is 0.508 e. The highest BCUT2D eigenvalue weighted by Crippen LogP contribution is 2.34. The average Bonchev–Trinajstić information content (AvgIpc) is 2.48. The Labute approximate surface area is 118 Å². The van der Waals surface area contributed by atoms with Gasteiger partial charge in [-0.05, 0) is 24.3 Å². The van der Waals surface area contributed by atoms with Crippen molar-refractivity contribution in [1.82, 2.24) is 0 Å². The van der Waals surface area contributed by atoms with Crippen molar-refractivity contribution in [3.05, 3.63) is 42.5 Å². The number of hydrogen-bond donors (Lipinski definition) is 3. The number of aromatic hydroxyl groups is 2. The summed E-state index contributed by atoms with van der Waals surface area (Å²) in [4.78, 5) is 0. The summed E-state index contributed by atoms with van der Waals surface area (Å²) in [6.07, 6.45) is 0. The van der Waals surface area contributed by atoms with Gasteiger partial charge in [-0.3, -0.25) is 0 Å². The Balaban J connectivity index is 0.000000204. The van der Waals surface area contributed by atoms with E-state index >= 15 is 0 Å². The highest BCUT2D eigenvalue weighted by atomic mass is 16.5. The van der Waals surface area contributed by atoms with E-state index in [-0.39, 0.29) is 5.75 Å². The predicted octanol–water partition coefficient (Wildman–Crippen LogP) is 2.84. The summed E-state index contributed by atoms with van der Waals surface area (Å²) in [5, 5.41) is 21.2. The van der Waals surface area contributed by atoms with Gasteiger partial charge in [-0.25, -0.2) is 0 Å². The van der Waals surface area contributed by atoms with Gasteiger partial charge < -0.3 is 25.0 Å². The third kappa shape index (κ3) is 4.28. The van der Waals surface area contributed by atoms with E-state index in [1.54, 1.807) is 36.4 Å². The van der Waals surface area contributed by atoms with Crippen LogP contribution in [0.3, 0.4) is 0 Å². The Morgan fingerprint density at radius 1 is 0.900 bits per heavy atom. The number of para-hydroxylation sites is 1. The first-order valence-corrected chi connectivity index (χ1v) is 5.99. The number of anilines is 1. The Bertz CT molecular complexity index is 521. The molecule has 5 nitrogen and oxygen atoms in total. The van der Waals surface area contributed by atoms with Crippen LogP contribution in [0.15, 0.2) is 42.5 Å². The minimum absolute atomic E-state index is 0.0394. The van der Waals surface area contributed by atoms with Gasteiger partial charge in [0.25, 0.3) is 0 Å². The maximum Gasteiger partial charge on any atom is 0.200 e. The van der Waals surface area contributed by atoms with Crippen LogP contribution in [0.5, 0.6) is 23.0 Å². The molecule has 0 heterocycles. The Hall–Kier alpha value is -2.56. The summed E-state index contributed by atoms with van der Waals surface area (Å²) < 4.78 is 9.71. The molecular formula is C15H19NO4. The van der Waals surface area contributed by atoms with E-state index < -0.39 is 0 Å². The summed E-state index contributed by atoms with van der Waals surface area (Å²) in [6, 6.07) is 12.1. The molecule has 0 saturated heterocycles. The van der Waals surface area contributed by atoms with Crippen LogP contribution >= 0.6 is 0 Å². The quantitative estimate of drug-likeness (QED) is 0.804. The van der Waals surface area contributed by atoms with Gasteiger partial charge in [-0.15, -0.1) is 0 Å². The lowest BCUT2D eigenvalue weighted by Gasteiger charge is -2.06. The van der Waals surface area contributed by atoms with Gasteiger partial charge in [0.05, 0.1) is 14.2 Å². The molecule has 2 aromatic carbocycles. The first kappa shape index (κ1) is 15.5. The maximum absolute atomic E-state index is 9.34. The van der Waals surface area contributed by atoms with Crippen molar-refractivity contribution in [3.8, 4) is 23.0 Å². The summed E-state index contributed by atoms with van der Waals surface area (Å²) in [5.41, 5.74) is 0.926. The van der Waals surface area contributed by atoms with E-state index in [0.717, 1.165) is 5.69 Å². The van der Waals surface area contributed by atoms with Crippen LogP contribution in [0.4, 0.5) is 5.69 Å². The molecule has 0 aliphatic carbocycles. The summed E-state index contributed by atoms with van der Waals surface area (Å²) in [5.74, 6) is 1.17. The molecule has 0 aliphatic rings. The van der Waals surface area contributed by atoms with E-state index in [9.17, 15) is 5.11 Å². The van der Waals surface area contributed by atoms with Crippen LogP contribution in [0, 0.1) is 0 Å². The Morgan fingerprint density at radius 2 is 1.45 bits per heavy atom. The number of benzene rings is 2. The number of rotatable bonds is 3. The lowest BCUT2D eigenvalue weighted by atomic mass is 10.3. The first-order valence-electron chi connectivity index (χ1n) is 5.99. The molecule has 108 valence electrons. The first-order chi connectivity index (χ1) is 9.62. The molecule has 2 rings (SSSR count). The van der Waals surface area contributed by atoms with Crippen LogP contribution in [0.2, 0.25) is 0 Å². The van der Waals surface area contributed by atoms with Gasteiger partial charge in [0.15, 0.2) is 11.5 Å². The maximum atomic E-state index is 9.34. The minimum Gasteiger partial charge on any atom is -0.508 e. The van der Waals surface area contributed by atoms with Crippen LogP contribution in [-0.2, 0) is 0 Å². The predicted molar refractivity (Wildman–Crippen MR) is 78.9 cm³/mol. The van der Waals surface area contributed by atoms with E-state index in [0.29, 0.717) is 17.2 Å². The molecule has 0 amide bonds. The molecule has 0 unspecified atom stereocenters. The van der Waals surface area contributed by atoms with E-state index in [1.165, 1.54) is 14.2 Å². The fraction of sp³-hybridized carbons (Fsp3) is 0.200. The molecule has 5 heteroatoms. The average molecular weight is 277 g/mol. The Morgan fingerprint density at radius 3 is 1.85 bits per heavy atom. The molecule has 0 aliphatic heterocycles. The van der Waals surface area contributed by atoms with Crippen molar-refractivity contribution in [2.24, 2.45) is 0 Å². The number of hydrogen-bond acceptors (Lipinski definition) is 5. The second-order valence-corrected chi connectivity index (χ2v) is 3.81. The molecule has 3 N–H and O–H groups in total. The van der Waals surface area contributed by atoms with Gasteiger partial charge in [-0.2, -0.15) is 0 Å². The number of nitrogens with one attached hydrogen (secondary N) is 1. The van der Waals surface area contributed by atoms with Gasteiger partial charge in [0, 0.05) is 18.8 Å². The van der Waals surface area contributed by atoms with E-state index in [1.807, 2.05) is 13.1 Å². The summed E-state index contributed by atoms with van der Waals surface area (Å²) >= 11 is 0. The molecule has 0 bridgehead atoms. The second kappa shape index (κ2) is 7.78. The zero-order valence-corrected chi connectivity index (χ0v) is 11.8. The van der Waals surface area contributed by atoms with E-state index in [4.69, 9.17) is 14.6 Å². The van der Waals surface area contributed by atoms with Crippen molar-refractivity contribution in [2.75, 3.05) is 26.6 Å². The van der Waals surface area contributed by atoms with Crippen molar-refractivity contribution < 1.29 is 19.7 Å². The van der Waals surface area contributed by atoms with Gasteiger partial charge in [0.2, 0.25) is 5.75 Å². The zero-order chi connectivity index (χ0) is 15.0. The highest BCUT2D eigenvalue weighted by Gasteiger charge is 2.05. The lowest BCUT2D eigenvalue weighted by molar-refractivity contribution is 0.340. The smallest absolute Gasteiger partial charge is 0.200 e. The molecule has 0 saturated carbocycles. The molecule has 0 aromatic heterocycles. The fourth-order valence-corrected chi connectivity index (χ4v) is 1.49. The molecule has 0 radical (unpaired) electrons. The van der Waals surface area contributed by atoms with Crippen molar-refractivity contribution in [2.45, 2.75) is 0 Å². The van der Waals surface area contributed by atoms with Crippen molar-refractivity contribution >= 4 is 5.69 Å². The molecule has 2 aromatic rings. The Kier molecular flexibility index (Phi) is 6.03. The molecule has 0 spiro atoms. The number of phenolic OH excluding ortho intramolecular Hbond substituents is 2. The molecule has 0 fully saturated rings. The summed E-state index contributed by atoms with van der Waals surface area (Å²) in [7, 11) is 4.80. The van der Waals surface area contributed by atoms with Crippen molar-refractivity contribution in [1.29, 1.82) is 0 Å². The van der Waals surface area contributed by atoms with Crippen LogP contribution in [0.25, 0.3) is 0 Å². The standard InChI is InChI=1S/C8H10O3.C7H9NO/c1-10-6-4-3-5-7(11-2)8(6)9;1-8-6-3-2-4-7(9)5-6/h3-5,9H,1-2H3;2-5,8-9H,1H3. The number of phenols is 2. The third-order valence-corrected chi connectivity index (χ3v) is 2.54. The number of methoxy groups -OCH3 is 2. The van der Waals surface area contributed by atoms with Crippen LogP contribution in [-0.4, -0.2) is 31.5 Å². The molecule has 0 atom stereocenters. The summed E-state index contributed by atoms with van der Waals surface area (Å²) in [6.45, 7) is 0. The molecule has 20 heavy (non-hydrogen) atoms. The van der Waals surface area contributed by atoms with Crippen LogP contribution in [0.1, 0.15) is 0 Å². The van der Waals surface area contributed by atoms with Crippen molar-refractivity contribution in [3.63, 3.8) is 0 Å². The van der Waals surface area contributed by atoms with Gasteiger partial charge in [-0.1, -0.05) is 12.1 Å². The monoisotopic (exact) mass is 277 g/mol. The zero-order valence-electron chi connectivity index (χ0n) is 11.8. The molecular weight excluding hydrogens is 258 g/mol. The van der Waals surface area contributed by atoms with Gasteiger partial charge >= 0.3 is 0 Å². The second-order valence-electron chi connectivity index (χ2n) is 3.81. The lowest BCUT2D eigenvalue weighted by Crippen LogP contribution is -1.87. The van der Waals surface area contributed by atoms with Gasteiger partial charge in [0.1, 0.15) is 5.75 Å². The third-order valence-electron chi connectivity index (χ3n) is 2.54.